The molecule has 0 saturated heterocycles. The second-order valence-electron chi connectivity index (χ2n) is 6.02. The van der Waals surface area contributed by atoms with Gasteiger partial charge in [0.05, 0.1) is 27.4 Å². The van der Waals surface area contributed by atoms with Gasteiger partial charge in [-0.3, -0.25) is 4.79 Å². The maximum atomic E-state index is 13.3. The monoisotopic (exact) mass is 391 g/mol. The fourth-order valence-electron chi connectivity index (χ4n) is 2.97. The molecule has 28 heavy (non-hydrogen) atoms. The number of nitrogens with zero attached hydrogens (tertiary/aromatic N) is 2. The van der Waals surface area contributed by atoms with E-state index in [9.17, 15) is 14.7 Å². The first-order valence-electron chi connectivity index (χ1n) is 8.42. The number of H-pyrrole nitrogens is 1. The molecule has 0 aliphatic carbocycles. The third kappa shape index (κ3) is 3.10. The van der Waals surface area contributed by atoms with Gasteiger partial charge in [0.25, 0.3) is 5.91 Å². The Morgan fingerprint density at radius 2 is 1.57 bits per heavy atom. The lowest BCUT2D eigenvalue weighted by Crippen LogP contribution is -2.27. The number of fused-ring (bicyclic) bond motifs is 1. The molecule has 7 heteroatoms. The van der Waals surface area contributed by atoms with Gasteiger partial charge in [0, 0.05) is 0 Å². The first-order valence-corrected chi connectivity index (χ1v) is 8.80. The van der Waals surface area contributed by atoms with Gasteiger partial charge in [-0.25, -0.2) is 14.7 Å². The third-order valence-electron chi connectivity index (χ3n) is 4.26. The summed E-state index contributed by atoms with van der Waals surface area (Å²) in [5.74, 6) is -1.26. The number of benzene rings is 3. The largest absolute Gasteiger partial charge is 0.478 e. The number of aromatic carboxylic acids is 1. The van der Waals surface area contributed by atoms with Crippen LogP contribution < -0.4 is 4.90 Å². The summed E-state index contributed by atoms with van der Waals surface area (Å²) in [5, 5.41) is 9.73. The van der Waals surface area contributed by atoms with E-state index in [0.717, 1.165) is 0 Å². The second-order valence-corrected chi connectivity index (χ2v) is 6.43. The minimum atomic E-state index is -1.09. The van der Waals surface area contributed by atoms with Crippen LogP contribution in [0.5, 0.6) is 0 Å². The third-order valence-corrected chi connectivity index (χ3v) is 4.59. The number of rotatable bonds is 4. The van der Waals surface area contributed by atoms with E-state index in [4.69, 9.17) is 11.6 Å². The molecule has 2 N–H and O–H groups in total. The Morgan fingerprint density at radius 1 is 0.893 bits per heavy atom. The Kier molecular flexibility index (Phi) is 4.55. The number of aromatic nitrogens is 2. The molecule has 6 nitrogen and oxygen atoms in total. The number of nitrogens with one attached hydrogen (secondary N) is 1. The molecule has 0 radical (unpaired) electrons. The van der Waals surface area contributed by atoms with Crippen molar-refractivity contribution in [2.45, 2.75) is 0 Å². The van der Waals surface area contributed by atoms with Gasteiger partial charge in [0.1, 0.15) is 5.52 Å². The molecule has 0 bridgehead atoms. The van der Waals surface area contributed by atoms with E-state index in [-0.39, 0.29) is 22.9 Å². The van der Waals surface area contributed by atoms with Crippen LogP contribution in [0.15, 0.2) is 72.8 Å². The molecule has 0 fully saturated rings. The summed E-state index contributed by atoms with van der Waals surface area (Å²) < 4.78 is 0. The highest BCUT2D eigenvalue weighted by molar-refractivity contribution is 6.34. The van der Waals surface area contributed by atoms with Crippen molar-refractivity contribution in [1.29, 1.82) is 0 Å². The normalized spacial score (nSPS) is 10.8. The first-order chi connectivity index (χ1) is 13.6. The summed E-state index contributed by atoms with van der Waals surface area (Å²) in [7, 11) is 0. The average molecular weight is 392 g/mol. The molecule has 0 spiro atoms. The summed E-state index contributed by atoms with van der Waals surface area (Å²) in [4.78, 5) is 33.7. The number of carbonyl (C=O) groups is 2. The number of hydrogen-bond donors (Lipinski definition) is 2. The van der Waals surface area contributed by atoms with Crippen molar-refractivity contribution in [1.82, 2.24) is 9.97 Å². The van der Waals surface area contributed by atoms with Gasteiger partial charge < -0.3 is 10.1 Å². The first kappa shape index (κ1) is 17.8. The van der Waals surface area contributed by atoms with Crippen LogP contribution in [0.2, 0.25) is 5.02 Å². The maximum Gasteiger partial charge on any atom is 0.337 e. The molecular weight excluding hydrogens is 378 g/mol. The highest BCUT2D eigenvalue weighted by atomic mass is 35.5. The van der Waals surface area contributed by atoms with Crippen molar-refractivity contribution in [2.75, 3.05) is 4.90 Å². The van der Waals surface area contributed by atoms with Gasteiger partial charge in [-0.15, -0.1) is 0 Å². The molecule has 0 atom stereocenters. The molecule has 1 aromatic heterocycles. The van der Waals surface area contributed by atoms with Crippen LogP contribution >= 0.6 is 11.6 Å². The maximum absolute atomic E-state index is 13.3. The molecule has 1 amide bonds. The molecule has 0 aliphatic rings. The van der Waals surface area contributed by atoms with Crippen molar-refractivity contribution >= 4 is 46.1 Å². The summed E-state index contributed by atoms with van der Waals surface area (Å²) in [6.07, 6.45) is 0. The number of carboxylic acids is 1. The Labute approximate surface area is 165 Å². The number of para-hydroxylation sites is 2. The van der Waals surface area contributed by atoms with E-state index in [0.29, 0.717) is 21.8 Å². The Bertz CT molecular complexity index is 1190. The minimum Gasteiger partial charge on any atom is -0.478 e. The molecule has 4 aromatic rings. The predicted molar refractivity (Wildman–Crippen MR) is 107 cm³/mol. The van der Waals surface area contributed by atoms with Crippen LogP contribution in [0.3, 0.4) is 0 Å². The van der Waals surface area contributed by atoms with Crippen LogP contribution in [-0.2, 0) is 0 Å². The Morgan fingerprint density at radius 3 is 2.29 bits per heavy atom. The topological polar surface area (TPSA) is 86.3 Å². The number of hydrogen-bond acceptors (Lipinski definition) is 3. The summed E-state index contributed by atoms with van der Waals surface area (Å²) >= 11 is 6.23. The number of carboxylic acid groups (broad SMARTS) is 1. The minimum absolute atomic E-state index is 0.0539. The van der Waals surface area contributed by atoms with E-state index in [1.807, 2.05) is 6.07 Å². The molecular formula is C21H14ClN3O3. The lowest BCUT2D eigenvalue weighted by atomic mass is 10.2. The molecule has 3 aromatic carbocycles. The number of carbonyl (C=O) groups excluding carboxylic acids is 1. The highest BCUT2D eigenvalue weighted by Gasteiger charge is 2.25. The molecule has 1 heterocycles. The number of anilines is 2. The lowest BCUT2D eigenvalue weighted by Gasteiger charge is -2.20. The molecule has 138 valence electrons. The van der Waals surface area contributed by atoms with Gasteiger partial charge in [0.2, 0.25) is 5.95 Å². The fourth-order valence-corrected chi connectivity index (χ4v) is 3.18. The fraction of sp³-hybridized carbons (Fsp3) is 0. The summed E-state index contributed by atoms with van der Waals surface area (Å²) in [6.45, 7) is 0. The summed E-state index contributed by atoms with van der Waals surface area (Å²) in [6, 6.07) is 20.5. The number of aromatic amines is 1. The van der Waals surface area contributed by atoms with Crippen molar-refractivity contribution in [2.24, 2.45) is 0 Å². The zero-order valence-corrected chi connectivity index (χ0v) is 15.2. The zero-order valence-electron chi connectivity index (χ0n) is 14.5. The van der Waals surface area contributed by atoms with Gasteiger partial charge in [-0.05, 0) is 36.4 Å². The van der Waals surface area contributed by atoms with E-state index in [1.165, 1.54) is 11.0 Å². The van der Waals surface area contributed by atoms with Crippen molar-refractivity contribution in [3.8, 4) is 0 Å². The Balaban J connectivity index is 1.91. The summed E-state index contributed by atoms with van der Waals surface area (Å²) in [5.41, 5.74) is 1.73. The predicted octanol–water partition coefficient (Wildman–Crippen LogP) is 4.89. The molecule has 0 saturated carbocycles. The van der Waals surface area contributed by atoms with E-state index in [2.05, 4.69) is 9.97 Å². The van der Waals surface area contributed by atoms with E-state index in [1.54, 1.807) is 60.7 Å². The standard InChI is InChI=1S/C21H14ClN3O3/c22-16-11-5-4-9-14(16)19(26)25(13-7-2-1-3-8-13)21-23-17-12-6-10-15(20(27)28)18(17)24-21/h1-12H,(H,23,24)(H,27,28). The van der Waals surface area contributed by atoms with Crippen molar-refractivity contribution in [3.05, 3.63) is 88.9 Å². The second kappa shape index (κ2) is 7.17. The lowest BCUT2D eigenvalue weighted by molar-refractivity contribution is 0.0698. The van der Waals surface area contributed by atoms with Crippen LogP contribution in [0.4, 0.5) is 11.6 Å². The molecule has 4 rings (SSSR count). The SMILES string of the molecule is O=C(O)c1cccc2[nH]c(N(C(=O)c3ccccc3Cl)c3ccccc3)nc12. The molecule has 0 aliphatic heterocycles. The van der Waals surface area contributed by atoms with Crippen molar-refractivity contribution < 1.29 is 14.7 Å². The number of halogens is 1. The van der Waals surface area contributed by atoms with Gasteiger partial charge in [0.15, 0.2) is 0 Å². The van der Waals surface area contributed by atoms with Gasteiger partial charge in [-0.1, -0.05) is 48.0 Å². The van der Waals surface area contributed by atoms with Crippen molar-refractivity contribution in [3.63, 3.8) is 0 Å². The van der Waals surface area contributed by atoms with E-state index >= 15 is 0 Å². The van der Waals surface area contributed by atoms with Crippen LogP contribution in [0.25, 0.3) is 11.0 Å². The van der Waals surface area contributed by atoms with Crippen LogP contribution in [0.1, 0.15) is 20.7 Å². The van der Waals surface area contributed by atoms with Gasteiger partial charge in [-0.2, -0.15) is 0 Å². The average Bonchev–Trinajstić information content (AvgIpc) is 3.12. The van der Waals surface area contributed by atoms with Crippen LogP contribution in [-0.4, -0.2) is 27.0 Å². The quantitative estimate of drug-likeness (QED) is 0.518. The van der Waals surface area contributed by atoms with Gasteiger partial charge >= 0.3 is 5.97 Å². The Hall–Kier alpha value is -3.64. The smallest absolute Gasteiger partial charge is 0.337 e. The molecule has 0 unspecified atom stereocenters. The van der Waals surface area contributed by atoms with Crippen LogP contribution in [0, 0.1) is 0 Å². The van der Waals surface area contributed by atoms with E-state index < -0.39 is 5.97 Å². The highest BCUT2D eigenvalue weighted by Crippen LogP contribution is 2.30. The zero-order chi connectivity index (χ0) is 19.7. The number of imidazole rings is 1. The number of amides is 1.